The second-order valence-electron chi connectivity index (χ2n) is 4.75. The number of rotatable bonds is 3. The minimum Gasteiger partial charge on any atom is -0.398 e. The summed E-state index contributed by atoms with van der Waals surface area (Å²) >= 11 is 5.76. The third-order valence-corrected chi connectivity index (χ3v) is 6.77. The van der Waals surface area contributed by atoms with Crippen LogP contribution in [0.3, 0.4) is 0 Å². The molecule has 0 amide bonds. The summed E-state index contributed by atoms with van der Waals surface area (Å²) < 4.78 is 50.4. The van der Waals surface area contributed by atoms with Crippen LogP contribution in [0.25, 0.3) is 0 Å². The van der Waals surface area contributed by atoms with Crippen molar-refractivity contribution in [3.63, 3.8) is 0 Å². The summed E-state index contributed by atoms with van der Waals surface area (Å²) in [7, 11) is -7.05. The van der Waals surface area contributed by atoms with Crippen LogP contribution in [0.4, 0.5) is 5.69 Å². The number of hydrogen-bond donors (Lipinski definition) is 1. The zero-order valence-electron chi connectivity index (χ0n) is 11.4. The first-order valence-corrected chi connectivity index (χ1v) is 9.79. The van der Waals surface area contributed by atoms with Gasteiger partial charge in [0, 0.05) is 31.2 Å². The second-order valence-corrected chi connectivity index (χ2v) is 9.07. The van der Waals surface area contributed by atoms with Crippen LogP contribution in [-0.4, -0.2) is 57.9 Å². The highest BCUT2D eigenvalue weighted by Crippen LogP contribution is 2.26. The average molecular weight is 354 g/mol. The van der Waals surface area contributed by atoms with Crippen molar-refractivity contribution in [3.8, 4) is 0 Å². The monoisotopic (exact) mass is 353 g/mol. The molecule has 2 N–H and O–H groups in total. The molecule has 1 fully saturated rings. The number of benzene rings is 1. The van der Waals surface area contributed by atoms with Crippen LogP contribution in [0.15, 0.2) is 23.1 Å². The molecule has 0 spiro atoms. The van der Waals surface area contributed by atoms with E-state index in [1.165, 1.54) is 26.8 Å². The Hall–Kier alpha value is -0.870. The van der Waals surface area contributed by atoms with E-state index in [0.717, 1.165) is 6.26 Å². The summed E-state index contributed by atoms with van der Waals surface area (Å²) in [6, 6.07) is 4.19. The van der Waals surface area contributed by atoms with Crippen LogP contribution >= 0.6 is 11.6 Å². The van der Waals surface area contributed by atoms with Gasteiger partial charge in [-0.25, -0.2) is 16.8 Å². The van der Waals surface area contributed by atoms with Crippen LogP contribution in [-0.2, 0) is 20.0 Å². The molecule has 0 saturated carbocycles. The molecule has 0 aromatic heterocycles. The molecule has 0 radical (unpaired) electrons. The molecule has 118 valence electrons. The predicted molar refractivity (Wildman–Crippen MR) is 81.0 cm³/mol. The second kappa shape index (κ2) is 5.73. The van der Waals surface area contributed by atoms with E-state index in [1.807, 2.05) is 0 Å². The Morgan fingerprint density at radius 1 is 1.05 bits per heavy atom. The average Bonchev–Trinajstić information content (AvgIpc) is 2.37. The van der Waals surface area contributed by atoms with Gasteiger partial charge >= 0.3 is 0 Å². The Labute approximate surface area is 129 Å². The molecule has 1 aromatic rings. The standard InChI is InChI=1S/C11H16ClN3O4S2/c1-20(16,17)14-4-6-15(7-5-14)21(18,19)11-3-2-9(12)8-10(11)13/h2-3,8H,4-7,13H2,1H3. The summed E-state index contributed by atoms with van der Waals surface area (Å²) in [5.74, 6) is 0. The number of anilines is 1. The summed E-state index contributed by atoms with van der Waals surface area (Å²) in [6.45, 7) is 0.450. The zero-order valence-corrected chi connectivity index (χ0v) is 13.7. The lowest BCUT2D eigenvalue weighted by atomic mass is 10.3. The van der Waals surface area contributed by atoms with Gasteiger partial charge in [0.1, 0.15) is 4.90 Å². The van der Waals surface area contributed by atoms with Crippen molar-refractivity contribution >= 4 is 37.3 Å². The molecule has 2 rings (SSSR count). The fourth-order valence-electron chi connectivity index (χ4n) is 2.14. The summed E-state index contributed by atoms with van der Waals surface area (Å²) in [5, 5.41) is 0.355. The van der Waals surface area contributed by atoms with Crippen molar-refractivity contribution in [2.75, 3.05) is 38.2 Å². The molecule has 1 aromatic carbocycles. The molecule has 1 aliphatic rings. The summed E-state index contributed by atoms with van der Waals surface area (Å²) in [5.41, 5.74) is 5.79. The fraction of sp³-hybridized carbons (Fsp3) is 0.455. The molecular formula is C11H16ClN3O4S2. The summed E-state index contributed by atoms with van der Waals surface area (Å²) in [6.07, 6.45) is 1.11. The number of sulfonamides is 2. The molecule has 1 heterocycles. The lowest BCUT2D eigenvalue weighted by Crippen LogP contribution is -2.50. The van der Waals surface area contributed by atoms with Gasteiger partial charge in [-0.2, -0.15) is 8.61 Å². The Balaban J connectivity index is 2.23. The Morgan fingerprint density at radius 2 is 1.57 bits per heavy atom. The van der Waals surface area contributed by atoms with E-state index in [-0.39, 0.29) is 36.8 Å². The SMILES string of the molecule is CS(=O)(=O)N1CCN(S(=O)(=O)c2ccc(Cl)cc2N)CC1. The molecular weight excluding hydrogens is 338 g/mol. The highest BCUT2D eigenvalue weighted by molar-refractivity contribution is 7.89. The third-order valence-electron chi connectivity index (χ3n) is 3.26. The van der Waals surface area contributed by atoms with E-state index in [0.29, 0.717) is 5.02 Å². The minimum atomic E-state index is -3.75. The van der Waals surface area contributed by atoms with Crippen LogP contribution < -0.4 is 5.73 Å². The van der Waals surface area contributed by atoms with Crippen molar-refractivity contribution in [3.05, 3.63) is 23.2 Å². The molecule has 0 unspecified atom stereocenters. The van der Waals surface area contributed by atoms with Gasteiger partial charge in [-0.3, -0.25) is 0 Å². The van der Waals surface area contributed by atoms with Crippen molar-refractivity contribution in [1.82, 2.24) is 8.61 Å². The Morgan fingerprint density at radius 3 is 2.05 bits per heavy atom. The fourth-order valence-corrected chi connectivity index (χ4v) is 4.66. The maximum Gasteiger partial charge on any atom is 0.245 e. The van der Waals surface area contributed by atoms with Crippen LogP contribution in [0.1, 0.15) is 0 Å². The van der Waals surface area contributed by atoms with Gasteiger partial charge in [0.05, 0.1) is 11.9 Å². The van der Waals surface area contributed by atoms with Gasteiger partial charge in [-0.05, 0) is 18.2 Å². The molecule has 0 aliphatic carbocycles. The molecule has 1 saturated heterocycles. The zero-order chi connectivity index (χ0) is 15.8. The first-order valence-electron chi connectivity index (χ1n) is 6.12. The number of piperazine rings is 1. The Kier molecular flexibility index (Phi) is 4.50. The van der Waals surface area contributed by atoms with Crippen molar-refractivity contribution < 1.29 is 16.8 Å². The molecule has 21 heavy (non-hydrogen) atoms. The minimum absolute atomic E-state index is 0.0142. The van der Waals surface area contributed by atoms with E-state index < -0.39 is 20.0 Å². The Bertz CT molecular complexity index is 741. The van der Waals surface area contributed by atoms with Crippen LogP contribution in [0, 0.1) is 0 Å². The molecule has 10 heteroatoms. The number of nitrogens with two attached hydrogens (primary N) is 1. The number of halogens is 1. The lowest BCUT2D eigenvalue weighted by Gasteiger charge is -2.32. The normalized spacial score (nSPS) is 18.8. The highest BCUT2D eigenvalue weighted by atomic mass is 35.5. The first kappa shape index (κ1) is 16.5. The third kappa shape index (κ3) is 3.49. The van der Waals surface area contributed by atoms with E-state index >= 15 is 0 Å². The van der Waals surface area contributed by atoms with E-state index in [2.05, 4.69) is 0 Å². The predicted octanol–water partition coefficient (Wildman–Crippen LogP) is 0.188. The van der Waals surface area contributed by atoms with Crippen molar-refractivity contribution in [2.24, 2.45) is 0 Å². The summed E-state index contributed by atoms with van der Waals surface area (Å²) in [4.78, 5) is -0.0142. The quantitative estimate of drug-likeness (QED) is 0.781. The number of hydrogen-bond acceptors (Lipinski definition) is 5. The van der Waals surface area contributed by atoms with Crippen molar-refractivity contribution in [1.29, 1.82) is 0 Å². The largest absolute Gasteiger partial charge is 0.398 e. The van der Waals surface area contributed by atoms with Gasteiger partial charge in [-0.1, -0.05) is 11.6 Å². The van der Waals surface area contributed by atoms with E-state index in [1.54, 1.807) is 0 Å². The first-order chi connectivity index (χ1) is 9.62. The molecule has 7 nitrogen and oxygen atoms in total. The topological polar surface area (TPSA) is 101 Å². The lowest BCUT2D eigenvalue weighted by molar-refractivity contribution is 0.274. The maximum absolute atomic E-state index is 12.5. The van der Waals surface area contributed by atoms with Crippen LogP contribution in [0.2, 0.25) is 5.02 Å². The van der Waals surface area contributed by atoms with Gasteiger partial charge in [0.25, 0.3) is 0 Å². The smallest absolute Gasteiger partial charge is 0.245 e. The number of nitrogen functional groups attached to an aromatic ring is 1. The van der Waals surface area contributed by atoms with Gasteiger partial charge in [0.2, 0.25) is 20.0 Å². The van der Waals surface area contributed by atoms with Gasteiger partial charge in [-0.15, -0.1) is 0 Å². The maximum atomic E-state index is 12.5. The van der Waals surface area contributed by atoms with Crippen molar-refractivity contribution in [2.45, 2.75) is 4.90 Å². The van der Waals surface area contributed by atoms with E-state index in [4.69, 9.17) is 17.3 Å². The molecule has 0 bridgehead atoms. The van der Waals surface area contributed by atoms with E-state index in [9.17, 15) is 16.8 Å². The van der Waals surface area contributed by atoms with Gasteiger partial charge < -0.3 is 5.73 Å². The molecule has 1 aliphatic heterocycles. The molecule has 0 atom stereocenters. The van der Waals surface area contributed by atoms with Crippen LogP contribution in [0.5, 0.6) is 0 Å². The van der Waals surface area contributed by atoms with Gasteiger partial charge in [0.15, 0.2) is 0 Å². The highest BCUT2D eigenvalue weighted by Gasteiger charge is 2.32. The number of nitrogens with zero attached hydrogens (tertiary/aromatic N) is 2.